The smallest absolute Gasteiger partial charge is 0.288 e. The van der Waals surface area contributed by atoms with Crippen molar-refractivity contribution in [1.82, 2.24) is 5.32 Å². The third kappa shape index (κ3) is 4.52. The van der Waals surface area contributed by atoms with Gasteiger partial charge in [0, 0.05) is 17.7 Å². The van der Waals surface area contributed by atoms with Gasteiger partial charge in [-0.15, -0.1) is 0 Å². The van der Waals surface area contributed by atoms with Gasteiger partial charge in [0.25, 0.3) is 11.6 Å². The van der Waals surface area contributed by atoms with Crippen molar-refractivity contribution < 1.29 is 9.72 Å². The lowest BCUT2D eigenvalue weighted by atomic mass is 10.0. The molecule has 0 aliphatic rings. The maximum atomic E-state index is 11.9. The quantitative estimate of drug-likeness (QED) is 0.665. The molecule has 0 spiro atoms. The first kappa shape index (κ1) is 15.4. The molecule has 0 heterocycles. The van der Waals surface area contributed by atoms with Crippen molar-refractivity contribution in [2.45, 2.75) is 33.2 Å². The zero-order valence-corrected chi connectivity index (χ0v) is 11.9. The lowest BCUT2D eigenvalue weighted by Crippen LogP contribution is -2.33. The number of carbonyl (C=O) groups excluding carboxylic acids is 1. The zero-order valence-electron chi connectivity index (χ0n) is 11.1. The second-order valence-electron chi connectivity index (χ2n) is 4.93. The normalized spacial score (nSPS) is 12.3. The second kappa shape index (κ2) is 6.52. The predicted octanol–water partition coefficient (Wildman–Crippen LogP) is 3.41. The highest BCUT2D eigenvalue weighted by Crippen LogP contribution is 2.25. The van der Waals surface area contributed by atoms with Gasteiger partial charge >= 0.3 is 0 Å². The van der Waals surface area contributed by atoms with E-state index in [1.807, 2.05) is 6.92 Å². The third-order valence-electron chi connectivity index (χ3n) is 2.61. The first-order valence-electron chi connectivity index (χ1n) is 6.06. The monoisotopic (exact) mass is 284 g/mol. The second-order valence-corrected chi connectivity index (χ2v) is 5.33. The van der Waals surface area contributed by atoms with Gasteiger partial charge in [0.05, 0.1) is 4.92 Å². The maximum absolute atomic E-state index is 11.9. The average Bonchev–Trinajstić information content (AvgIpc) is 2.27. The zero-order chi connectivity index (χ0) is 14.6. The summed E-state index contributed by atoms with van der Waals surface area (Å²) in [7, 11) is 0. The van der Waals surface area contributed by atoms with Gasteiger partial charge in [-0.1, -0.05) is 25.4 Å². The summed E-state index contributed by atoms with van der Waals surface area (Å²) >= 11 is 5.70. The molecule has 0 aliphatic carbocycles. The Hall–Kier alpha value is -1.62. The largest absolute Gasteiger partial charge is 0.350 e. The minimum Gasteiger partial charge on any atom is -0.350 e. The Morgan fingerprint density at radius 1 is 1.42 bits per heavy atom. The number of nitrogens with one attached hydrogen (secondary N) is 1. The fraction of sp³-hybridized carbons (Fsp3) is 0.462. The van der Waals surface area contributed by atoms with Gasteiger partial charge in [-0.05, 0) is 31.4 Å². The summed E-state index contributed by atoms with van der Waals surface area (Å²) < 4.78 is 0. The average molecular weight is 285 g/mol. The van der Waals surface area contributed by atoms with Gasteiger partial charge in [0.2, 0.25) is 0 Å². The van der Waals surface area contributed by atoms with Gasteiger partial charge in [0.15, 0.2) is 0 Å². The summed E-state index contributed by atoms with van der Waals surface area (Å²) in [5.41, 5.74) is -0.0162. The van der Waals surface area contributed by atoms with Crippen LogP contribution in [-0.2, 0) is 0 Å². The molecule has 1 amide bonds. The fourth-order valence-electron chi connectivity index (χ4n) is 1.87. The van der Waals surface area contributed by atoms with Crippen LogP contribution in [0.1, 0.15) is 37.6 Å². The molecule has 6 heteroatoms. The van der Waals surface area contributed by atoms with Crippen molar-refractivity contribution >= 4 is 23.2 Å². The summed E-state index contributed by atoms with van der Waals surface area (Å²) in [6.07, 6.45) is 0.849. The molecule has 0 radical (unpaired) electrons. The van der Waals surface area contributed by atoms with Gasteiger partial charge in [-0.2, -0.15) is 0 Å². The van der Waals surface area contributed by atoms with Crippen molar-refractivity contribution in [3.63, 3.8) is 0 Å². The minimum absolute atomic E-state index is 0.0160. The first-order chi connectivity index (χ1) is 8.81. The maximum Gasteiger partial charge on any atom is 0.288 e. The molecule has 19 heavy (non-hydrogen) atoms. The van der Waals surface area contributed by atoms with Crippen molar-refractivity contribution in [2.75, 3.05) is 0 Å². The molecule has 0 saturated carbocycles. The van der Waals surface area contributed by atoms with Crippen LogP contribution in [0.25, 0.3) is 0 Å². The van der Waals surface area contributed by atoms with Gasteiger partial charge in [-0.3, -0.25) is 14.9 Å². The Kier molecular flexibility index (Phi) is 5.30. The summed E-state index contributed by atoms with van der Waals surface area (Å²) in [4.78, 5) is 22.1. The van der Waals surface area contributed by atoms with E-state index in [9.17, 15) is 14.9 Å². The van der Waals surface area contributed by atoms with Gasteiger partial charge < -0.3 is 5.32 Å². The summed E-state index contributed by atoms with van der Waals surface area (Å²) in [6, 6.07) is 4.05. The van der Waals surface area contributed by atoms with Crippen LogP contribution in [0.4, 0.5) is 5.69 Å². The van der Waals surface area contributed by atoms with E-state index in [1.165, 1.54) is 18.2 Å². The topological polar surface area (TPSA) is 72.2 Å². The van der Waals surface area contributed by atoms with Crippen LogP contribution < -0.4 is 5.32 Å². The molecule has 1 unspecified atom stereocenters. The number of benzene rings is 1. The van der Waals surface area contributed by atoms with Crippen molar-refractivity contribution in [1.29, 1.82) is 0 Å². The minimum atomic E-state index is -0.601. The van der Waals surface area contributed by atoms with Crippen LogP contribution in [-0.4, -0.2) is 16.9 Å². The van der Waals surface area contributed by atoms with E-state index in [2.05, 4.69) is 19.2 Å². The number of hydrogen-bond donors (Lipinski definition) is 1. The number of nitro benzene ring substituents is 1. The van der Waals surface area contributed by atoms with E-state index >= 15 is 0 Å². The molecule has 5 nitrogen and oxygen atoms in total. The molecule has 0 bridgehead atoms. The summed E-state index contributed by atoms with van der Waals surface area (Å²) in [5.74, 6) is 0.141. The Bertz CT molecular complexity index is 489. The lowest BCUT2D eigenvalue weighted by Gasteiger charge is -2.15. The number of carbonyl (C=O) groups is 1. The molecule has 0 fully saturated rings. The lowest BCUT2D eigenvalue weighted by molar-refractivity contribution is -0.384. The van der Waals surface area contributed by atoms with Crippen molar-refractivity contribution in [2.24, 2.45) is 5.92 Å². The molecule has 0 aliphatic heterocycles. The van der Waals surface area contributed by atoms with Crippen molar-refractivity contribution in [3.8, 4) is 0 Å². The van der Waals surface area contributed by atoms with Gasteiger partial charge in [0.1, 0.15) is 5.02 Å². The molecular weight excluding hydrogens is 268 g/mol. The molecular formula is C13H17ClN2O3. The number of rotatable bonds is 5. The number of hydrogen-bond acceptors (Lipinski definition) is 3. The van der Waals surface area contributed by atoms with E-state index < -0.39 is 4.92 Å². The van der Waals surface area contributed by atoms with E-state index in [0.717, 1.165) is 6.42 Å². The van der Waals surface area contributed by atoms with E-state index in [-0.39, 0.29) is 28.2 Å². The molecule has 1 aromatic carbocycles. The molecule has 0 saturated heterocycles. The number of nitro groups is 1. The first-order valence-corrected chi connectivity index (χ1v) is 6.44. The van der Waals surface area contributed by atoms with Crippen LogP contribution in [0.15, 0.2) is 18.2 Å². The molecule has 104 valence electrons. The van der Waals surface area contributed by atoms with Crippen LogP contribution in [0.2, 0.25) is 5.02 Å². The predicted molar refractivity (Wildman–Crippen MR) is 74.5 cm³/mol. The Morgan fingerprint density at radius 3 is 2.58 bits per heavy atom. The van der Waals surface area contributed by atoms with Gasteiger partial charge in [-0.25, -0.2) is 0 Å². The van der Waals surface area contributed by atoms with E-state index in [0.29, 0.717) is 5.92 Å². The Labute approximate surface area is 117 Å². The highest BCUT2D eigenvalue weighted by molar-refractivity contribution is 6.32. The van der Waals surface area contributed by atoms with Crippen LogP contribution in [0.5, 0.6) is 0 Å². The molecule has 1 N–H and O–H groups in total. The third-order valence-corrected chi connectivity index (χ3v) is 2.93. The fourth-order valence-corrected chi connectivity index (χ4v) is 2.05. The Balaban J connectivity index is 2.83. The number of nitrogens with zero attached hydrogens (tertiary/aromatic N) is 1. The SMILES string of the molecule is CC(C)CC(C)NC(=O)c1ccc(Cl)c([N+](=O)[O-])c1. The van der Waals surface area contributed by atoms with Crippen LogP contribution >= 0.6 is 11.6 Å². The van der Waals surface area contributed by atoms with E-state index in [4.69, 9.17) is 11.6 Å². The van der Waals surface area contributed by atoms with Crippen molar-refractivity contribution in [3.05, 3.63) is 38.9 Å². The molecule has 0 aromatic heterocycles. The van der Waals surface area contributed by atoms with Crippen LogP contribution in [0, 0.1) is 16.0 Å². The number of halogens is 1. The molecule has 1 rings (SSSR count). The number of amides is 1. The summed E-state index contributed by atoms with van der Waals surface area (Å²) in [5, 5.41) is 13.6. The highest BCUT2D eigenvalue weighted by Gasteiger charge is 2.17. The van der Waals surface area contributed by atoms with Crippen LogP contribution in [0.3, 0.4) is 0 Å². The standard InChI is InChI=1S/C13H17ClN2O3/c1-8(2)6-9(3)15-13(17)10-4-5-11(14)12(7-10)16(18)19/h4-5,7-9H,6H2,1-3H3,(H,15,17). The highest BCUT2D eigenvalue weighted by atomic mass is 35.5. The summed E-state index contributed by atoms with van der Waals surface area (Å²) in [6.45, 7) is 6.04. The van der Waals surface area contributed by atoms with E-state index in [1.54, 1.807) is 0 Å². The Morgan fingerprint density at radius 2 is 2.05 bits per heavy atom. The molecule has 1 aromatic rings. The molecule has 1 atom stereocenters.